The molecule has 0 saturated carbocycles. The van der Waals surface area contributed by atoms with Gasteiger partial charge in [-0.2, -0.15) is 0 Å². The lowest BCUT2D eigenvalue weighted by Gasteiger charge is -2.09. The summed E-state index contributed by atoms with van der Waals surface area (Å²) < 4.78 is 6.64. The maximum atomic E-state index is 11.9. The van der Waals surface area contributed by atoms with Crippen LogP contribution in [0.1, 0.15) is 15.9 Å². The van der Waals surface area contributed by atoms with E-state index < -0.39 is 5.97 Å². The van der Waals surface area contributed by atoms with Crippen LogP contribution in [-0.4, -0.2) is 27.4 Å². The minimum atomic E-state index is -0.399. The second kappa shape index (κ2) is 4.77. The Bertz CT molecular complexity index is 793. The van der Waals surface area contributed by atoms with Crippen LogP contribution in [0.4, 0.5) is 0 Å². The molecule has 20 heavy (non-hydrogen) atoms. The fourth-order valence-electron chi connectivity index (χ4n) is 2.21. The zero-order valence-corrected chi connectivity index (χ0v) is 11.2. The quantitative estimate of drug-likeness (QED) is 0.669. The smallest absolute Gasteiger partial charge is 0.341 e. The summed E-state index contributed by atoms with van der Waals surface area (Å²) in [7, 11) is 1.36. The molecule has 5 heteroatoms. The third kappa shape index (κ3) is 1.93. The first-order valence-electron chi connectivity index (χ1n) is 6.16. The normalized spacial score (nSPS) is 10.7. The number of imidazole rings is 1. The number of hydrogen-bond acceptors (Lipinski definition) is 4. The number of fused-ring (bicyclic) bond motifs is 1. The molecule has 3 aromatic rings. The molecule has 3 heterocycles. The lowest BCUT2D eigenvalue weighted by molar-refractivity contribution is 0.0602. The highest BCUT2D eigenvalue weighted by Crippen LogP contribution is 2.25. The van der Waals surface area contributed by atoms with E-state index >= 15 is 0 Å². The SMILES string of the molecule is COC(=O)c1cc(-c2cnccc2C)cn2ccnc12. The van der Waals surface area contributed by atoms with Crippen LogP contribution in [0, 0.1) is 6.92 Å². The van der Waals surface area contributed by atoms with Crippen molar-refractivity contribution >= 4 is 11.6 Å². The molecule has 0 saturated heterocycles. The number of pyridine rings is 2. The Morgan fingerprint density at radius 2 is 2.20 bits per heavy atom. The van der Waals surface area contributed by atoms with Crippen molar-refractivity contribution in [2.45, 2.75) is 6.92 Å². The van der Waals surface area contributed by atoms with Crippen LogP contribution in [0.2, 0.25) is 0 Å². The molecule has 0 N–H and O–H groups in total. The highest BCUT2D eigenvalue weighted by molar-refractivity contribution is 5.97. The molecule has 0 aliphatic heterocycles. The number of nitrogens with zero attached hydrogens (tertiary/aromatic N) is 3. The number of rotatable bonds is 2. The average Bonchev–Trinajstić information content (AvgIpc) is 2.94. The van der Waals surface area contributed by atoms with E-state index in [2.05, 4.69) is 9.97 Å². The van der Waals surface area contributed by atoms with Gasteiger partial charge < -0.3 is 9.14 Å². The molecule has 5 nitrogen and oxygen atoms in total. The largest absolute Gasteiger partial charge is 0.465 e. The Labute approximate surface area is 115 Å². The lowest BCUT2D eigenvalue weighted by Crippen LogP contribution is -2.05. The van der Waals surface area contributed by atoms with Gasteiger partial charge in [0.25, 0.3) is 0 Å². The average molecular weight is 267 g/mol. The Kier molecular flexibility index (Phi) is 2.95. The third-order valence-electron chi connectivity index (χ3n) is 3.24. The van der Waals surface area contributed by atoms with Crippen LogP contribution in [0.15, 0.2) is 43.1 Å². The fraction of sp³-hybridized carbons (Fsp3) is 0.133. The minimum absolute atomic E-state index is 0.399. The van der Waals surface area contributed by atoms with Crippen LogP contribution in [0.5, 0.6) is 0 Å². The Morgan fingerprint density at radius 3 is 2.95 bits per heavy atom. The van der Waals surface area contributed by atoms with Crippen molar-refractivity contribution < 1.29 is 9.53 Å². The molecular weight excluding hydrogens is 254 g/mol. The molecule has 0 atom stereocenters. The molecule has 0 aromatic carbocycles. The summed E-state index contributed by atoms with van der Waals surface area (Å²) in [6.07, 6.45) is 8.92. The first-order chi connectivity index (χ1) is 9.70. The number of carbonyl (C=O) groups excluding carboxylic acids is 1. The zero-order chi connectivity index (χ0) is 14.1. The molecule has 0 spiro atoms. The van der Waals surface area contributed by atoms with E-state index in [-0.39, 0.29) is 0 Å². The summed E-state index contributed by atoms with van der Waals surface area (Å²) in [5.74, 6) is -0.399. The van der Waals surface area contributed by atoms with Crippen LogP contribution >= 0.6 is 0 Å². The van der Waals surface area contributed by atoms with Crippen LogP contribution in [-0.2, 0) is 4.74 Å². The van der Waals surface area contributed by atoms with Crippen molar-refractivity contribution in [3.63, 3.8) is 0 Å². The summed E-state index contributed by atoms with van der Waals surface area (Å²) in [5, 5.41) is 0. The van der Waals surface area contributed by atoms with Crippen molar-refractivity contribution in [3.8, 4) is 11.1 Å². The minimum Gasteiger partial charge on any atom is -0.465 e. The number of ether oxygens (including phenoxy) is 1. The van der Waals surface area contributed by atoms with E-state index in [0.29, 0.717) is 11.2 Å². The number of methoxy groups -OCH3 is 1. The molecule has 0 amide bonds. The van der Waals surface area contributed by atoms with Gasteiger partial charge in [0.1, 0.15) is 5.56 Å². The van der Waals surface area contributed by atoms with E-state index in [9.17, 15) is 4.79 Å². The van der Waals surface area contributed by atoms with Crippen molar-refractivity contribution in [2.75, 3.05) is 7.11 Å². The first-order valence-corrected chi connectivity index (χ1v) is 6.16. The van der Waals surface area contributed by atoms with Gasteiger partial charge in [0.2, 0.25) is 0 Å². The lowest BCUT2D eigenvalue weighted by atomic mass is 10.0. The van der Waals surface area contributed by atoms with E-state index in [1.807, 2.05) is 23.6 Å². The molecule has 0 fully saturated rings. The number of aryl methyl sites for hydroxylation is 1. The number of aromatic nitrogens is 3. The van der Waals surface area contributed by atoms with Gasteiger partial charge in [0, 0.05) is 42.1 Å². The highest BCUT2D eigenvalue weighted by atomic mass is 16.5. The van der Waals surface area contributed by atoms with Crippen molar-refractivity contribution in [1.82, 2.24) is 14.4 Å². The van der Waals surface area contributed by atoms with E-state index in [1.54, 1.807) is 30.9 Å². The van der Waals surface area contributed by atoms with Gasteiger partial charge >= 0.3 is 5.97 Å². The molecule has 0 aliphatic rings. The molecule has 0 radical (unpaired) electrons. The fourth-order valence-corrected chi connectivity index (χ4v) is 2.21. The molecule has 3 rings (SSSR count). The van der Waals surface area contributed by atoms with Crippen molar-refractivity contribution in [3.05, 3.63) is 54.2 Å². The monoisotopic (exact) mass is 267 g/mol. The van der Waals surface area contributed by atoms with Crippen LogP contribution < -0.4 is 0 Å². The van der Waals surface area contributed by atoms with Crippen molar-refractivity contribution in [1.29, 1.82) is 0 Å². The zero-order valence-electron chi connectivity index (χ0n) is 11.2. The van der Waals surface area contributed by atoms with Gasteiger partial charge in [0.05, 0.1) is 7.11 Å². The molecule has 0 bridgehead atoms. The van der Waals surface area contributed by atoms with E-state index in [0.717, 1.165) is 16.7 Å². The van der Waals surface area contributed by atoms with Gasteiger partial charge in [-0.15, -0.1) is 0 Å². The van der Waals surface area contributed by atoms with E-state index in [4.69, 9.17) is 4.74 Å². The predicted molar refractivity (Wildman–Crippen MR) is 74.5 cm³/mol. The van der Waals surface area contributed by atoms with Gasteiger partial charge in [-0.1, -0.05) is 0 Å². The molecule has 0 unspecified atom stereocenters. The number of carbonyl (C=O) groups is 1. The van der Waals surface area contributed by atoms with Gasteiger partial charge in [0.15, 0.2) is 5.65 Å². The van der Waals surface area contributed by atoms with Crippen molar-refractivity contribution in [2.24, 2.45) is 0 Å². The standard InChI is InChI=1S/C15H13N3O2/c1-10-3-4-16-8-13(10)11-7-12(15(19)20-2)14-17-5-6-18(14)9-11/h3-9H,1-2H3. The summed E-state index contributed by atoms with van der Waals surface area (Å²) in [5.41, 5.74) is 4.01. The number of hydrogen-bond donors (Lipinski definition) is 0. The Balaban J connectivity index is 2.28. The maximum Gasteiger partial charge on any atom is 0.341 e. The Hall–Kier alpha value is -2.69. The van der Waals surface area contributed by atoms with Gasteiger partial charge in [-0.25, -0.2) is 9.78 Å². The summed E-state index contributed by atoms with van der Waals surface area (Å²) in [6.45, 7) is 2.01. The van der Waals surface area contributed by atoms with Crippen LogP contribution in [0.3, 0.4) is 0 Å². The summed E-state index contributed by atoms with van der Waals surface area (Å²) >= 11 is 0. The van der Waals surface area contributed by atoms with Gasteiger partial charge in [-0.05, 0) is 24.6 Å². The van der Waals surface area contributed by atoms with Gasteiger partial charge in [-0.3, -0.25) is 4.98 Å². The van der Waals surface area contributed by atoms with Crippen LogP contribution in [0.25, 0.3) is 16.8 Å². The first kappa shape index (κ1) is 12.3. The highest BCUT2D eigenvalue weighted by Gasteiger charge is 2.15. The molecular formula is C15H13N3O2. The molecule has 3 aromatic heterocycles. The maximum absolute atomic E-state index is 11.9. The predicted octanol–water partition coefficient (Wildman–Crippen LogP) is 2.49. The number of esters is 1. The molecule has 0 aliphatic carbocycles. The second-order valence-electron chi connectivity index (χ2n) is 4.48. The molecule has 100 valence electrons. The topological polar surface area (TPSA) is 56.5 Å². The Morgan fingerprint density at radius 1 is 1.35 bits per heavy atom. The second-order valence-corrected chi connectivity index (χ2v) is 4.48. The summed E-state index contributed by atoms with van der Waals surface area (Å²) in [6, 6.07) is 3.73. The van der Waals surface area contributed by atoms with E-state index in [1.165, 1.54) is 7.11 Å². The summed E-state index contributed by atoms with van der Waals surface area (Å²) in [4.78, 5) is 20.2. The third-order valence-corrected chi connectivity index (χ3v) is 3.24.